The number of hydrogen-bond donors (Lipinski definition) is 4. The normalized spacial score (nSPS) is 14.3. The third kappa shape index (κ3) is 4.68. The van der Waals surface area contributed by atoms with Gasteiger partial charge in [0.15, 0.2) is 5.96 Å². The summed E-state index contributed by atoms with van der Waals surface area (Å²) in [5.74, 6) is 0.838. The lowest BCUT2D eigenvalue weighted by molar-refractivity contribution is 0.0437. The number of aromatic nitrogens is 1. The molecule has 0 radical (unpaired) electrons. The fourth-order valence-electron chi connectivity index (χ4n) is 2.91. The molecule has 0 saturated carbocycles. The molecule has 1 aromatic carbocycles. The minimum Gasteiger partial charge on any atom is -0.466 e. The number of aromatic amines is 1. The molecule has 1 atom stereocenters. The fraction of sp³-hybridized carbons (Fsp3) is 0.350. The van der Waals surface area contributed by atoms with Crippen LogP contribution in [0.15, 0.2) is 52.2 Å². The molecule has 4 N–H and O–H groups in total. The first-order valence-electron chi connectivity index (χ1n) is 9.03. The van der Waals surface area contributed by atoms with Gasteiger partial charge in [-0.3, -0.25) is 0 Å². The summed E-state index contributed by atoms with van der Waals surface area (Å²) in [6, 6.07) is 8.19. The Bertz CT molecular complexity index is 900. The number of H-pyrrole nitrogens is 1. The van der Waals surface area contributed by atoms with Gasteiger partial charge in [0.2, 0.25) is 0 Å². The van der Waals surface area contributed by atoms with Crippen LogP contribution in [0.5, 0.6) is 0 Å². The quantitative estimate of drug-likeness (QED) is 0.379. The molecule has 6 nitrogen and oxygen atoms in total. The van der Waals surface area contributed by atoms with Gasteiger partial charge in [-0.2, -0.15) is 0 Å². The lowest BCUT2D eigenvalue weighted by atomic mass is 10.0. The van der Waals surface area contributed by atoms with Gasteiger partial charge in [0.25, 0.3) is 0 Å². The Morgan fingerprint density at radius 2 is 2.19 bits per heavy atom. The minimum absolute atomic E-state index is 0.161. The fourth-order valence-corrected chi connectivity index (χ4v) is 2.91. The van der Waals surface area contributed by atoms with Gasteiger partial charge in [-0.25, -0.2) is 9.38 Å². The monoisotopic (exact) mass is 372 g/mol. The first kappa shape index (κ1) is 19.0. The van der Waals surface area contributed by atoms with Gasteiger partial charge in [-0.1, -0.05) is 0 Å². The Balaban J connectivity index is 1.61. The molecule has 27 heavy (non-hydrogen) atoms. The van der Waals surface area contributed by atoms with Gasteiger partial charge >= 0.3 is 0 Å². The molecule has 1 unspecified atom stereocenters. The molecule has 0 aliphatic heterocycles. The van der Waals surface area contributed by atoms with E-state index in [1.54, 1.807) is 31.2 Å². The van der Waals surface area contributed by atoms with Crippen molar-refractivity contribution in [3.8, 4) is 0 Å². The number of rotatable bonds is 7. The minimum atomic E-state index is -1.18. The van der Waals surface area contributed by atoms with Crippen molar-refractivity contribution in [2.75, 3.05) is 19.6 Å². The summed E-state index contributed by atoms with van der Waals surface area (Å²) in [4.78, 5) is 7.61. The predicted octanol–water partition coefficient (Wildman–Crippen LogP) is 2.91. The van der Waals surface area contributed by atoms with Crippen LogP contribution in [0.4, 0.5) is 4.39 Å². The number of aliphatic imine (C=N–C) groups is 1. The zero-order valence-electron chi connectivity index (χ0n) is 15.6. The van der Waals surface area contributed by atoms with Crippen molar-refractivity contribution >= 4 is 16.9 Å². The molecule has 0 aliphatic carbocycles. The second kappa shape index (κ2) is 8.26. The largest absolute Gasteiger partial charge is 0.466 e. The van der Waals surface area contributed by atoms with Crippen molar-refractivity contribution in [1.29, 1.82) is 0 Å². The van der Waals surface area contributed by atoms with E-state index < -0.39 is 5.60 Å². The average molecular weight is 372 g/mol. The van der Waals surface area contributed by atoms with E-state index >= 15 is 0 Å². The van der Waals surface area contributed by atoms with E-state index in [4.69, 9.17) is 4.42 Å². The maximum absolute atomic E-state index is 13.5. The average Bonchev–Trinajstić information content (AvgIpc) is 3.30. The first-order valence-corrected chi connectivity index (χ1v) is 9.03. The van der Waals surface area contributed by atoms with Crippen LogP contribution in [0.2, 0.25) is 0 Å². The molecule has 0 amide bonds. The standard InChI is InChI=1S/C20H25FN4O2/c1-3-22-19(25-13-20(2,26)18-5-4-10-27-18)23-9-8-14-12-24-17-7-6-15(21)11-16(14)17/h4-7,10-12,24,26H,3,8-9,13H2,1-2H3,(H2,22,23,25). The molecule has 0 saturated heterocycles. The second-order valence-corrected chi connectivity index (χ2v) is 6.63. The molecule has 2 aromatic heterocycles. The summed E-state index contributed by atoms with van der Waals surface area (Å²) in [6.07, 6.45) is 4.14. The number of furan rings is 1. The maximum Gasteiger partial charge on any atom is 0.191 e. The highest BCUT2D eigenvalue weighted by molar-refractivity contribution is 5.83. The third-order valence-electron chi connectivity index (χ3n) is 4.36. The van der Waals surface area contributed by atoms with Crippen LogP contribution in [-0.2, 0) is 12.0 Å². The van der Waals surface area contributed by atoms with Gasteiger partial charge in [0.05, 0.1) is 12.8 Å². The van der Waals surface area contributed by atoms with E-state index in [2.05, 4.69) is 20.6 Å². The number of nitrogens with zero attached hydrogens (tertiary/aromatic N) is 1. The van der Waals surface area contributed by atoms with E-state index in [1.165, 1.54) is 12.3 Å². The summed E-state index contributed by atoms with van der Waals surface area (Å²) in [7, 11) is 0. The molecule has 3 aromatic rings. The summed E-state index contributed by atoms with van der Waals surface area (Å²) < 4.78 is 18.8. The number of hydrogen-bond acceptors (Lipinski definition) is 3. The van der Waals surface area contributed by atoms with Gasteiger partial charge in [0, 0.05) is 30.2 Å². The lowest BCUT2D eigenvalue weighted by Crippen LogP contribution is -2.39. The van der Waals surface area contributed by atoms with Crippen LogP contribution in [-0.4, -0.2) is 35.7 Å². The highest BCUT2D eigenvalue weighted by Crippen LogP contribution is 2.21. The van der Waals surface area contributed by atoms with E-state index in [9.17, 15) is 9.50 Å². The lowest BCUT2D eigenvalue weighted by Gasteiger charge is -2.19. The van der Waals surface area contributed by atoms with Crippen LogP contribution >= 0.6 is 0 Å². The van der Waals surface area contributed by atoms with Crippen molar-refractivity contribution in [3.63, 3.8) is 0 Å². The molecule has 0 spiro atoms. The van der Waals surface area contributed by atoms with Gasteiger partial charge < -0.3 is 25.1 Å². The van der Waals surface area contributed by atoms with Crippen LogP contribution in [0.25, 0.3) is 10.9 Å². The maximum atomic E-state index is 13.5. The zero-order chi connectivity index (χ0) is 19.3. The number of guanidine groups is 1. The van der Waals surface area contributed by atoms with Crippen molar-refractivity contribution in [3.05, 3.63) is 59.9 Å². The molecular formula is C20H25FN4O2. The Labute approximate surface area is 157 Å². The van der Waals surface area contributed by atoms with Gasteiger partial charge in [-0.05, 0) is 56.2 Å². The molecule has 2 heterocycles. The van der Waals surface area contributed by atoms with Crippen molar-refractivity contribution in [2.45, 2.75) is 25.9 Å². The SMILES string of the molecule is CCNC(=NCC(C)(O)c1ccco1)NCCc1c[nH]c2ccc(F)cc12. The molecule has 7 heteroatoms. The van der Waals surface area contributed by atoms with Crippen molar-refractivity contribution in [2.24, 2.45) is 4.99 Å². The first-order chi connectivity index (χ1) is 13.0. The van der Waals surface area contributed by atoms with E-state index in [0.717, 1.165) is 16.5 Å². The van der Waals surface area contributed by atoms with Crippen molar-refractivity contribution in [1.82, 2.24) is 15.6 Å². The van der Waals surface area contributed by atoms with Gasteiger partial charge in [-0.15, -0.1) is 0 Å². The Morgan fingerprint density at radius 3 is 2.93 bits per heavy atom. The second-order valence-electron chi connectivity index (χ2n) is 6.63. The highest BCUT2D eigenvalue weighted by atomic mass is 19.1. The Morgan fingerprint density at radius 1 is 1.33 bits per heavy atom. The summed E-state index contributed by atoms with van der Waals surface area (Å²) in [6.45, 7) is 5.13. The Kier molecular flexibility index (Phi) is 5.81. The molecular weight excluding hydrogens is 347 g/mol. The molecule has 3 rings (SSSR count). The number of aliphatic hydroxyl groups is 1. The number of halogens is 1. The van der Waals surface area contributed by atoms with E-state index in [-0.39, 0.29) is 12.4 Å². The van der Waals surface area contributed by atoms with Crippen molar-refractivity contribution < 1.29 is 13.9 Å². The third-order valence-corrected chi connectivity index (χ3v) is 4.36. The molecule has 0 aliphatic rings. The molecule has 0 bridgehead atoms. The van der Waals surface area contributed by atoms with E-state index in [1.807, 2.05) is 13.1 Å². The summed E-state index contributed by atoms with van der Waals surface area (Å²) >= 11 is 0. The van der Waals surface area contributed by atoms with Gasteiger partial charge in [0.1, 0.15) is 17.2 Å². The van der Waals surface area contributed by atoms with E-state index in [0.29, 0.717) is 31.2 Å². The predicted molar refractivity (Wildman–Crippen MR) is 104 cm³/mol. The zero-order valence-corrected chi connectivity index (χ0v) is 15.6. The van der Waals surface area contributed by atoms with Crippen LogP contribution in [0.1, 0.15) is 25.2 Å². The van der Waals surface area contributed by atoms with Crippen LogP contribution in [0.3, 0.4) is 0 Å². The summed E-state index contributed by atoms with van der Waals surface area (Å²) in [5.41, 5.74) is 0.775. The van der Waals surface area contributed by atoms with Crippen LogP contribution in [0, 0.1) is 5.82 Å². The van der Waals surface area contributed by atoms with Crippen LogP contribution < -0.4 is 10.6 Å². The number of fused-ring (bicyclic) bond motifs is 1. The summed E-state index contributed by atoms with van der Waals surface area (Å²) in [5, 5.41) is 17.8. The number of nitrogens with one attached hydrogen (secondary N) is 3. The Hall–Kier alpha value is -2.80. The molecule has 144 valence electrons. The number of benzene rings is 1. The topological polar surface area (TPSA) is 85.6 Å². The smallest absolute Gasteiger partial charge is 0.191 e. The molecule has 0 fully saturated rings. The highest BCUT2D eigenvalue weighted by Gasteiger charge is 2.26.